The van der Waals surface area contributed by atoms with Crippen LogP contribution in [0, 0.1) is 6.67 Å². The molecular formula is C12H21N3. The Kier molecular flexibility index (Phi) is 3.89. The van der Waals surface area contributed by atoms with Crippen LogP contribution in [-0.4, -0.2) is 35.5 Å². The first-order valence-electron chi connectivity index (χ1n) is 6.10. The van der Waals surface area contributed by atoms with Crippen LogP contribution in [0.25, 0.3) is 0 Å². The average Bonchev–Trinajstić information content (AvgIpc) is 2.87. The predicted octanol–water partition coefficient (Wildman–Crippen LogP) is 1.62. The molecule has 2 aliphatic heterocycles. The Morgan fingerprint density at radius 2 is 2.27 bits per heavy atom. The molecule has 0 aliphatic carbocycles. The van der Waals surface area contributed by atoms with Crippen LogP contribution in [-0.2, 0) is 0 Å². The molecule has 0 aromatic carbocycles. The average molecular weight is 207 g/mol. The summed E-state index contributed by atoms with van der Waals surface area (Å²) >= 11 is 0. The van der Waals surface area contributed by atoms with Crippen LogP contribution in [0.3, 0.4) is 0 Å². The van der Waals surface area contributed by atoms with Crippen molar-refractivity contribution in [3.63, 3.8) is 0 Å². The summed E-state index contributed by atoms with van der Waals surface area (Å²) in [5.41, 5.74) is 0. The number of nitrogens with one attached hydrogen (secondary N) is 1. The summed E-state index contributed by atoms with van der Waals surface area (Å²) in [4.78, 5) is 4.34. The van der Waals surface area contributed by atoms with Gasteiger partial charge in [0.1, 0.15) is 0 Å². The smallest absolute Gasteiger partial charge is 0.207 e. The van der Waals surface area contributed by atoms with Crippen molar-refractivity contribution in [2.24, 2.45) is 0 Å². The van der Waals surface area contributed by atoms with Crippen LogP contribution in [0.1, 0.15) is 32.6 Å². The van der Waals surface area contributed by atoms with Gasteiger partial charge in [-0.25, -0.2) is 0 Å². The Balaban J connectivity index is 1.66. The van der Waals surface area contributed by atoms with Crippen molar-refractivity contribution in [2.75, 3.05) is 19.6 Å². The van der Waals surface area contributed by atoms with Crippen LogP contribution >= 0.6 is 0 Å². The van der Waals surface area contributed by atoms with E-state index in [-0.39, 0.29) is 0 Å². The van der Waals surface area contributed by atoms with Crippen molar-refractivity contribution in [1.29, 1.82) is 0 Å². The SMILES string of the molecule is CCCCN1[C]N(C[C@@H]2CCCN2)C=C1. The predicted molar refractivity (Wildman–Crippen MR) is 61.7 cm³/mol. The molecule has 2 rings (SSSR count). The van der Waals surface area contributed by atoms with E-state index in [0.717, 1.165) is 13.1 Å². The van der Waals surface area contributed by atoms with Gasteiger partial charge in [-0.1, -0.05) is 13.3 Å². The Morgan fingerprint density at radius 1 is 1.40 bits per heavy atom. The Labute approximate surface area is 93.1 Å². The number of hydrogen-bond donors (Lipinski definition) is 1. The fourth-order valence-corrected chi connectivity index (χ4v) is 2.10. The number of unbranched alkanes of at least 4 members (excludes halogenated alkanes) is 1. The molecule has 0 amide bonds. The van der Waals surface area contributed by atoms with Crippen LogP contribution in [0.15, 0.2) is 12.4 Å². The minimum absolute atomic E-state index is 0.660. The molecule has 1 atom stereocenters. The van der Waals surface area contributed by atoms with Gasteiger partial charge in [-0.3, -0.25) is 0 Å². The van der Waals surface area contributed by atoms with Gasteiger partial charge in [-0.2, -0.15) is 0 Å². The lowest BCUT2D eigenvalue weighted by atomic mass is 10.2. The monoisotopic (exact) mass is 207 g/mol. The van der Waals surface area contributed by atoms with E-state index in [4.69, 9.17) is 0 Å². The summed E-state index contributed by atoms with van der Waals surface area (Å²) in [6, 6.07) is 0.660. The summed E-state index contributed by atoms with van der Waals surface area (Å²) in [6.07, 6.45) is 9.38. The summed E-state index contributed by atoms with van der Waals surface area (Å²) < 4.78 is 0. The van der Waals surface area contributed by atoms with Crippen LogP contribution in [0.5, 0.6) is 0 Å². The molecule has 3 heteroatoms. The molecule has 0 unspecified atom stereocenters. The van der Waals surface area contributed by atoms with Gasteiger partial charge in [0.2, 0.25) is 6.67 Å². The third kappa shape index (κ3) is 3.13. The zero-order valence-corrected chi connectivity index (χ0v) is 9.58. The topological polar surface area (TPSA) is 18.5 Å². The first kappa shape index (κ1) is 10.8. The largest absolute Gasteiger partial charge is 0.346 e. The summed E-state index contributed by atoms with van der Waals surface area (Å²) in [7, 11) is 0. The first-order valence-corrected chi connectivity index (χ1v) is 6.10. The lowest BCUT2D eigenvalue weighted by Crippen LogP contribution is -2.34. The fourth-order valence-electron chi connectivity index (χ4n) is 2.10. The molecule has 3 nitrogen and oxygen atoms in total. The molecule has 1 fully saturated rings. The minimum atomic E-state index is 0.660. The Hall–Kier alpha value is -0.700. The molecule has 2 aliphatic rings. The molecule has 15 heavy (non-hydrogen) atoms. The van der Waals surface area contributed by atoms with E-state index in [1.165, 1.54) is 32.2 Å². The van der Waals surface area contributed by atoms with Gasteiger partial charge in [-0.15, -0.1) is 0 Å². The summed E-state index contributed by atoms with van der Waals surface area (Å²) in [5, 5.41) is 3.51. The van der Waals surface area contributed by atoms with Crippen LogP contribution < -0.4 is 5.32 Å². The molecule has 84 valence electrons. The third-order valence-electron chi connectivity index (χ3n) is 3.02. The van der Waals surface area contributed by atoms with Crippen molar-refractivity contribution in [1.82, 2.24) is 15.1 Å². The van der Waals surface area contributed by atoms with Crippen LogP contribution in [0.4, 0.5) is 0 Å². The second kappa shape index (κ2) is 5.40. The van der Waals surface area contributed by atoms with Gasteiger partial charge in [0, 0.05) is 31.5 Å². The molecule has 0 bridgehead atoms. The van der Waals surface area contributed by atoms with E-state index in [9.17, 15) is 0 Å². The van der Waals surface area contributed by atoms with E-state index >= 15 is 0 Å². The quantitative estimate of drug-likeness (QED) is 0.739. The van der Waals surface area contributed by atoms with E-state index in [1.54, 1.807) is 0 Å². The lowest BCUT2D eigenvalue weighted by molar-refractivity contribution is 0.317. The van der Waals surface area contributed by atoms with Gasteiger partial charge in [0.25, 0.3) is 0 Å². The second-order valence-corrected chi connectivity index (χ2v) is 4.39. The molecule has 1 saturated heterocycles. The minimum Gasteiger partial charge on any atom is -0.346 e. The highest BCUT2D eigenvalue weighted by atomic mass is 15.3. The highest BCUT2D eigenvalue weighted by Gasteiger charge is 2.20. The molecule has 0 aromatic rings. The number of hydrogen-bond acceptors (Lipinski definition) is 3. The molecule has 0 saturated carbocycles. The standard InChI is InChI=1S/C12H21N3/c1-2-3-7-14-8-9-15(11-14)10-12-5-4-6-13-12/h8-9,12-13H,2-7,10H2,1H3/t12-/m0/s1. The maximum Gasteiger partial charge on any atom is 0.207 e. The van der Waals surface area contributed by atoms with E-state index < -0.39 is 0 Å². The zero-order chi connectivity index (χ0) is 10.5. The van der Waals surface area contributed by atoms with Crippen LogP contribution in [0.2, 0.25) is 0 Å². The van der Waals surface area contributed by atoms with Gasteiger partial charge in [0.15, 0.2) is 0 Å². The Bertz CT molecular complexity index is 209. The highest BCUT2D eigenvalue weighted by Crippen LogP contribution is 2.15. The first-order chi connectivity index (χ1) is 7.38. The Morgan fingerprint density at radius 3 is 3.00 bits per heavy atom. The maximum atomic E-state index is 3.51. The molecule has 2 heterocycles. The zero-order valence-electron chi connectivity index (χ0n) is 9.58. The fraction of sp³-hybridized carbons (Fsp3) is 0.750. The molecule has 1 N–H and O–H groups in total. The van der Waals surface area contributed by atoms with Crippen molar-refractivity contribution < 1.29 is 0 Å². The van der Waals surface area contributed by atoms with Crippen molar-refractivity contribution >= 4 is 0 Å². The molecule has 0 aromatic heterocycles. The second-order valence-electron chi connectivity index (χ2n) is 4.39. The highest BCUT2D eigenvalue weighted by molar-refractivity contribution is 4.98. The number of rotatable bonds is 5. The third-order valence-corrected chi connectivity index (χ3v) is 3.02. The maximum absolute atomic E-state index is 3.51. The summed E-state index contributed by atoms with van der Waals surface area (Å²) in [6.45, 7) is 8.94. The van der Waals surface area contributed by atoms with Gasteiger partial charge in [-0.05, 0) is 25.8 Å². The van der Waals surface area contributed by atoms with E-state index in [2.05, 4.69) is 41.1 Å². The van der Waals surface area contributed by atoms with E-state index in [1.807, 2.05) is 0 Å². The van der Waals surface area contributed by atoms with Gasteiger partial charge in [0.05, 0.1) is 0 Å². The van der Waals surface area contributed by atoms with Gasteiger partial charge < -0.3 is 15.1 Å². The number of nitrogens with zero attached hydrogens (tertiary/aromatic N) is 2. The molecule has 0 spiro atoms. The summed E-state index contributed by atoms with van der Waals surface area (Å²) in [5.74, 6) is 0. The van der Waals surface area contributed by atoms with Crippen molar-refractivity contribution in [3.05, 3.63) is 19.1 Å². The molecule has 2 radical (unpaired) electrons. The normalized spacial score (nSPS) is 25.5. The lowest BCUT2D eigenvalue weighted by Gasteiger charge is -2.21. The van der Waals surface area contributed by atoms with Crippen molar-refractivity contribution in [2.45, 2.75) is 38.6 Å². The van der Waals surface area contributed by atoms with E-state index in [0.29, 0.717) is 6.04 Å². The van der Waals surface area contributed by atoms with Crippen molar-refractivity contribution in [3.8, 4) is 0 Å². The molecular weight excluding hydrogens is 186 g/mol. The van der Waals surface area contributed by atoms with Gasteiger partial charge >= 0.3 is 0 Å².